The summed E-state index contributed by atoms with van der Waals surface area (Å²) in [5.74, 6) is 0. The van der Waals surface area contributed by atoms with Gasteiger partial charge in [0.2, 0.25) is 0 Å². The minimum atomic E-state index is 0.748. The number of nitrogens with two attached hydrogens (primary N) is 2. The summed E-state index contributed by atoms with van der Waals surface area (Å²) in [4.78, 5) is 8.06. The number of hydrogen-bond donors (Lipinski definition) is 2. The van der Waals surface area contributed by atoms with E-state index in [1.54, 1.807) is 18.7 Å². The Morgan fingerprint density at radius 3 is 2.80 bits per heavy atom. The van der Waals surface area contributed by atoms with Gasteiger partial charge in [0.05, 0.1) is 11.8 Å². The van der Waals surface area contributed by atoms with Gasteiger partial charge < -0.3 is 16.0 Å². The minimum absolute atomic E-state index is 0.748. The van der Waals surface area contributed by atoms with E-state index in [0.717, 1.165) is 36.1 Å². The quantitative estimate of drug-likeness (QED) is 0.713. The monoisotopic (exact) mass is 269 g/mol. The van der Waals surface area contributed by atoms with E-state index in [0.29, 0.717) is 0 Å². The maximum atomic E-state index is 5.60. The number of imidazole rings is 1. The lowest BCUT2D eigenvalue weighted by atomic mass is 10.2. The molecule has 20 heavy (non-hydrogen) atoms. The van der Waals surface area contributed by atoms with Crippen LogP contribution in [0, 0.1) is 0 Å². The Balaban J connectivity index is 0.000000151. The van der Waals surface area contributed by atoms with Crippen molar-refractivity contribution in [2.24, 2.45) is 5.73 Å². The van der Waals surface area contributed by atoms with Gasteiger partial charge in [0.25, 0.3) is 0 Å². The summed E-state index contributed by atoms with van der Waals surface area (Å²) in [6, 6.07) is 9.60. The van der Waals surface area contributed by atoms with Crippen LogP contribution in [0.2, 0.25) is 0 Å². The standard InChI is InChI=1S/C9H8N2.C6H11N3/c10-8-3-4-9-7(6-8)2-1-5-11-9;7-2-1-4-9-5-3-8-6-9/h1-6H,10H2;3,5-6H,1-2,4,7H2. The van der Waals surface area contributed by atoms with E-state index in [9.17, 15) is 0 Å². The molecule has 0 radical (unpaired) electrons. The largest absolute Gasteiger partial charge is 0.399 e. The molecular formula is C15H19N5. The number of pyridine rings is 1. The van der Waals surface area contributed by atoms with Crippen LogP contribution in [0.1, 0.15) is 6.42 Å². The third-order valence-corrected chi connectivity index (χ3v) is 2.81. The number of aromatic nitrogens is 3. The first-order valence-corrected chi connectivity index (χ1v) is 6.55. The highest BCUT2D eigenvalue weighted by atomic mass is 15.0. The topological polar surface area (TPSA) is 82.8 Å². The van der Waals surface area contributed by atoms with Crippen molar-refractivity contribution in [3.05, 3.63) is 55.2 Å². The molecule has 5 heteroatoms. The van der Waals surface area contributed by atoms with Gasteiger partial charge in [0.15, 0.2) is 0 Å². The second kappa shape index (κ2) is 7.25. The van der Waals surface area contributed by atoms with Gasteiger partial charge in [-0.3, -0.25) is 4.98 Å². The molecule has 0 unspecified atom stereocenters. The first-order chi connectivity index (χ1) is 9.79. The van der Waals surface area contributed by atoms with Crippen molar-refractivity contribution < 1.29 is 0 Å². The molecule has 0 spiro atoms. The number of nitrogen functional groups attached to an aromatic ring is 1. The van der Waals surface area contributed by atoms with Gasteiger partial charge in [-0.25, -0.2) is 4.98 Å². The lowest BCUT2D eigenvalue weighted by Crippen LogP contribution is -2.03. The molecule has 4 N–H and O–H groups in total. The molecule has 0 fully saturated rings. The van der Waals surface area contributed by atoms with Crippen LogP contribution in [-0.4, -0.2) is 21.1 Å². The van der Waals surface area contributed by atoms with E-state index in [1.165, 1.54) is 0 Å². The van der Waals surface area contributed by atoms with Crippen LogP contribution in [-0.2, 0) is 6.54 Å². The molecule has 2 aromatic heterocycles. The van der Waals surface area contributed by atoms with Crippen LogP contribution in [0.3, 0.4) is 0 Å². The van der Waals surface area contributed by atoms with E-state index < -0.39 is 0 Å². The van der Waals surface area contributed by atoms with Gasteiger partial charge in [-0.05, 0) is 37.2 Å². The highest BCUT2D eigenvalue weighted by molar-refractivity contribution is 5.81. The maximum absolute atomic E-state index is 5.60. The number of aryl methyl sites for hydroxylation is 1. The number of benzene rings is 1. The molecule has 5 nitrogen and oxygen atoms in total. The predicted molar refractivity (Wildman–Crippen MR) is 82.1 cm³/mol. The molecule has 104 valence electrons. The SMILES string of the molecule is NCCCn1ccnc1.Nc1ccc2ncccc2c1. The molecule has 0 aliphatic heterocycles. The average molecular weight is 269 g/mol. The van der Waals surface area contributed by atoms with Gasteiger partial charge in [0.1, 0.15) is 0 Å². The van der Waals surface area contributed by atoms with Crippen LogP contribution >= 0.6 is 0 Å². The van der Waals surface area contributed by atoms with Crippen LogP contribution in [0.5, 0.6) is 0 Å². The normalized spacial score (nSPS) is 10.1. The summed E-state index contributed by atoms with van der Waals surface area (Å²) in [5, 5.41) is 1.09. The number of fused-ring (bicyclic) bond motifs is 1. The first-order valence-electron chi connectivity index (χ1n) is 6.55. The molecular weight excluding hydrogens is 250 g/mol. The summed E-state index contributed by atoms with van der Waals surface area (Å²) in [6.45, 7) is 1.73. The molecule has 1 aromatic carbocycles. The summed E-state index contributed by atoms with van der Waals surface area (Å²) in [5.41, 5.74) is 12.7. The summed E-state index contributed by atoms with van der Waals surface area (Å²) < 4.78 is 2.02. The molecule has 0 aliphatic carbocycles. The fraction of sp³-hybridized carbons (Fsp3) is 0.200. The molecule has 0 bridgehead atoms. The summed E-state index contributed by atoms with van der Waals surface area (Å²) >= 11 is 0. The van der Waals surface area contributed by atoms with Gasteiger partial charge in [-0.15, -0.1) is 0 Å². The summed E-state index contributed by atoms with van der Waals surface area (Å²) in [6.07, 6.45) is 8.32. The Hall–Kier alpha value is -2.40. The third-order valence-electron chi connectivity index (χ3n) is 2.81. The van der Waals surface area contributed by atoms with Crippen molar-refractivity contribution in [3.8, 4) is 0 Å². The van der Waals surface area contributed by atoms with Crippen LogP contribution in [0.4, 0.5) is 5.69 Å². The Bertz CT molecular complexity index is 634. The van der Waals surface area contributed by atoms with E-state index in [4.69, 9.17) is 11.5 Å². The zero-order valence-electron chi connectivity index (χ0n) is 11.3. The predicted octanol–water partition coefficient (Wildman–Crippen LogP) is 2.05. The van der Waals surface area contributed by atoms with Gasteiger partial charge in [0, 0.05) is 36.2 Å². The average Bonchev–Trinajstić information content (AvgIpc) is 2.99. The zero-order chi connectivity index (χ0) is 14.2. The number of anilines is 1. The second-order valence-corrected chi connectivity index (χ2v) is 4.40. The van der Waals surface area contributed by atoms with Crippen molar-refractivity contribution in [3.63, 3.8) is 0 Å². The Morgan fingerprint density at radius 2 is 2.05 bits per heavy atom. The number of nitrogens with zero attached hydrogens (tertiary/aromatic N) is 3. The Kier molecular flexibility index (Phi) is 5.08. The molecule has 3 aromatic rings. The molecule has 0 saturated heterocycles. The van der Waals surface area contributed by atoms with E-state index >= 15 is 0 Å². The lowest BCUT2D eigenvalue weighted by Gasteiger charge is -1.96. The minimum Gasteiger partial charge on any atom is -0.399 e. The highest BCUT2D eigenvalue weighted by Gasteiger charge is 1.91. The maximum Gasteiger partial charge on any atom is 0.0945 e. The second-order valence-electron chi connectivity index (χ2n) is 4.40. The van der Waals surface area contributed by atoms with Crippen molar-refractivity contribution in [2.45, 2.75) is 13.0 Å². The molecule has 3 rings (SSSR count). The number of rotatable bonds is 3. The first kappa shape index (κ1) is 14.0. The van der Waals surface area contributed by atoms with Gasteiger partial charge in [-0.2, -0.15) is 0 Å². The Morgan fingerprint density at radius 1 is 1.15 bits per heavy atom. The molecule has 2 heterocycles. The number of hydrogen-bond acceptors (Lipinski definition) is 4. The van der Waals surface area contributed by atoms with Gasteiger partial charge in [-0.1, -0.05) is 6.07 Å². The van der Waals surface area contributed by atoms with Crippen LogP contribution in [0.15, 0.2) is 55.2 Å². The Labute approximate surface area is 118 Å². The fourth-order valence-electron chi connectivity index (χ4n) is 1.79. The molecule has 0 aliphatic rings. The lowest BCUT2D eigenvalue weighted by molar-refractivity contribution is 0.650. The van der Waals surface area contributed by atoms with E-state index in [1.807, 2.05) is 41.1 Å². The van der Waals surface area contributed by atoms with E-state index in [-0.39, 0.29) is 0 Å². The third kappa shape index (κ3) is 4.07. The van der Waals surface area contributed by atoms with Crippen molar-refractivity contribution >= 4 is 16.6 Å². The molecule has 0 saturated carbocycles. The fourth-order valence-corrected chi connectivity index (χ4v) is 1.79. The van der Waals surface area contributed by atoms with Crippen LogP contribution in [0.25, 0.3) is 10.9 Å². The van der Waals surface area contributed by atoms with Crippen molar-refractivity contribution in [1.29, 1.82) is 0 Å². The van der Waals surface area contributed by atoms with Crippen molar-refractivity contribution in [2.75, 3.05) is 12.3 Å². The van der Waals surface area contributed by atoms with Crippen LogP contribution < -0.4 is 11.5 Å². The smallest absolute Gasteiger partial charge is 0.0945 e. The highest BCUT2D eigenvalue weighted by Crippen LogP contribution is 2.13. The van der Waals surface area contributed by atoms with Gasteiger partial charge >= 0.3 is 0 Å². The zero-order valence-corrected chi connectivity index (χ0v) is 11.3. The summed E-state index contributed by atoms with van der Waals surface area (Å²) in [7, 11) is 0. The van der Waals surface area contributed by atoms with E-state index in [2.05, 4.69) is 9.97 Å². The molecule has 0 atom stereocenters. The molecule has 0 amide bonds. The van der Waals surface area contributed by atoms with Crippen molar-refractivity contribution in [1.82, 2.24) is 14.5 Å².